The van der Waals surface area contributed by atoms with Gasteiger partial charge in [-0.1, -0.05) is 60.1 Å². The molecule has 0 aromatic heterocycles. The second kappa shape index (κ2) is 15.0. The van der Waals surface area contributed by atoms with E-state index in [9.17, 15) is 21.6 Å². The van der Waals surface area contributed by atoms with Crippen molar-refractivity contribution >= 4 is 59.7 Å². The van der Waals surface area contributed by atoms with Gasteiger partial charge in [-0.05, 0) is 75.6 Å². The standard InChI is InChI=1S/C32H30BrClN4O7S2/c1-44-30-19-24(18-28(33)31(30)45-22-23-12-14-25(34)15-13-23)20-35-36-32(39)29-21-37(46(40,41)26-8-4-2-5-9-26)16-17-38(29)47(42,43)27-10-6-3-7-11-27/h2-15,18-20,29H,16-17,21-22H2,1H3,(H,36,39)/b35-20-/t29-/m1/s1. The number of halogens is 2. The van der Waals surface area contributed by atoms with E-state index in [1.165, 1.54) is 37.6 Å². The first kappa shape index (κ1) is 34.5. The van der Waals surface area contributed by atoms with Gasteiger partial charge in [0.25, 0.3) is 5.91 Å². The summed E-state index contributed by atoms with van der Waals surface area (Å²) in [4.78, 5) is 13.6. The molecule has 0 saturated carbocycles. The Morgan fingerprint density at radius 2 is 1.55 bits per heavy atom. The van der Waals surface area contributed by atoms with Crippen LogP contribution in [-0.4, -0.2) is 70.4 Å². The van der Waals surface area contributed by atoms with E-state index in [0.717, 1.165) is 14.2 Å². The Morgan fingerprint density at radius 1 is 0.936 bits per heavy atom. The number of nitrogens with zero attached hydrogens (tertiary/aromatic N) is 3. The summed E-state index contributed by atoms with van der Waals surface area (Å²) >= 11 is 9.45. The lowest BCUT2D eigenvalue weighted by atomic mass is 10.2. The van der Waals surface area contributed by atoms with Crippen molar-refractivity contribution in [2.24, 2.45) is 5.10 Å². The van der Waals surface area contributed by atoms with E-state index < -0.39 is 38.5 Å². The van der Waals surface area contributed by atoms with E-state index in [1.807, 2.05) is 12.1 Å². The van der Waals surface area contributed by atoms with E-state index in [0.29, 0.717) is 26.6 Å². The molecule has 4 aromatic carbocycles. The summed E-state index contributed by atoms with van der Waals surface area (Å²) in [5.74, 6) is 0.0465. The zero-order valence-corrected chi connectivity index (χ0v) is 29.0. The van der Waals surface area contributed by atoms with Crippen molar-refractivity contribution in [2.45, 2.75) is 22.4 Å². The number of amides is 1. The average molecular weight is 762 g/mol. The first-order chi connectivity index (χ1) is 22.5. The molecule has 47 heavy (non-hydrogen) atoms. The summed E-state index contributed by atoms with van der Waals surface area (Å²) in [6.45, 7) is -0.538. The number of piperazine rings is 1. The molecule has 4 aromatic rings. The van der Waals surface area contributed by atoms with Gasteiger partial charge in [-0.15, -0.1) is 0 Å². The van der Waals surface area contributed by atoms with Gasteiger partial charge in [0.2, 0.25) is 20.0 Å². The van der Waals surface area contributed by atoms with Crippen molar-refractivity contribution in [3.8, 4) is 11.5 Å². The normalized spacial score (nSPS) is 16.2. The number of carbonyl (C=O) groups excluding carboxylic acids is 1. The molecule has 1 aliphatic rings. The molecule has 0 spiro atoms. The molecule has 1 N–H and O–H groups in total. The lowest BCUT2D eigenvalue weighted by Crippen LogP contribution is -2.60. The highest BCUT2D eigenvalue weighted by Gasteiger charge is 2.43. The Morgan fingerprint density at radius 3 is 2.17 bits per heavy atom. The number of rotatable bonds is 11. The van der Waals surface area contributed by atoms with Crippen LogP contribution in [0.4, 0.5) is 0 Å². The van der Waals surface area contributed by atoms with Gasteiger partial charge < -0.3 is 9.47 Å². The van der Waals surface area contributed by atoms with Crippen LogP contribution in [0.1, 0.15) is 11.1 Å². The molecule has 246 valence electrons. The summed E-state index contributed by atoms with van der Waals surface area (Å²) in [7, 11) is -6.68. The quantitative estimate of drug-likeness (QED) is 0.170. The topological polar surface area (TPSA) is 135 Å². The van der Waals surface area contributed by atoms with Crippen LogP contribution in [0.2, 0.25) is 5.02 Å². The molecule has 1 fully saturated rings. The SMILES string of the molecule is COc1cc(/C=N\NC(=O)[C@H]2CN(S(=O)(=O)c3ccccc3)CCN2S(=O)(=O)c2ccccc2)cc(Br)c1OCc1ccc(Cl)cc1. The summed E-state index contributed by atoms with van der Waals surface area (Å²) in [6, 6.07) is 24.6. The molecule has 5 rings (SSSR count). The first-order valence-corrected chi connectivity index (χ1v) is 18.3. The molecule has 15 heteroatoms. The third kappa shape index (κ3) is 8.03. The second-order valence-electron chi connectivity index (χ2n) is 10.3. The van der Waals surface area contributed by atoms with Crippen LogP contribution in [0, 0.1) is 0 Å². The van der Waals surface area contributed by atoms with Crippen LogP contribution in [0.25, 0.3) is 0 Å². The Bertz CT molecular complexity index is 1970. The molecular formula is C32H30BrClN4O7S2. The van der Waals surface area contributed by atoms with Crippen LogP contribution in [-0.2, 0) is 31.4 Å². The maximum absolute atomic E-state index is 13.6. The number of carbonyl (C=O) groups is 1. The minimum Gasteiger partial charge on any atom is -0.493 e. The molecule has 0 aliphatic carbocycles. The largest absolute Gasteiger partial charge is 0.493 e. The maximum Gasteiger partial charge on any atom is 0.259 e. The van der Waals surface area contributed by atoms with E-state index in [4.69, 9.17) is 21.1 Å². The summed E-state index contributed by atoms with van der Waals surface area (Å²) in [5, 5.41) is 4.67. The van der Waals surface area contributed by atoms with Crippen molar-refractivity contribution in [2.75, 3.05) is 26.7 Å². The lowest BCUT2D eigenvalue weighted by molar-refractivity contribution is -0.125. The summed E-state index contributed by atoms with van der Waals surface area (Å²) in [6.07, 6.45) is 1.35. The molecule has 11 nitrogen and oxygen atoms in total. The Labute approximate surface area is 287 Å². The minimum atomic E-state index is -4.16. The smallest absolute Gasteiger partial charge is 0.259 e. The Kier molecular flexibility index (Phi) is 11.0. The number of hydrazone groups is 1. The van der Waals surface area contributed by atoms with Gasteiger partial charge in [0.05, 0.1) is 27.6 Å². The zero-order chi connectivity index (χ0) is 33.6. The zero-order valence-electron chi connectivity index (χ0n) is 25.0. The fourth-order valence-corrected chi connectivity index (χ4v) is 8.62. The monoisotopic (exact) mass is 760 g/mol. The van der Waals surface area contributed by atoms with Gasteiger partial charge >= 0.3 is 0 Å². The van der Waals surface area contributed by atoms with Crippen molar-refractivity contribution in [3.63, 3.8) is 0 Å². The van der Waals surface area contributed by atoms with Gasteiger partial charge in [-0.3, -0.25) is 4.79 Å². The van der Waals surface area contributed by atoms with Crippen molar-refractivity contribution in [1.82, 2.24) is 14.0 Å². The second-order valence-corrected chi connectivity index (χ2v) is 15.4. The first-order valence-electron chi connectivity index (χ1n) is 14.2. The number of methoxy groups -OCH3 is 1. The van der Waals surface area contributed by atoms with E-state index in [-0.39, 0.29) is 29.5 Å². The van der Waals surface area contributed by atoms with E-state index in [2.05, 4.69) is 26.5 Å². The highest BCUT2D eigenvalue weighted by atomic mass is 79.9. The predicted octanol–water partition coefficient (Wildman–Crippen LogP) is 4.90. The highest BCUT2D eigenvalue weighted by molar-refractivity contribution is 9.10. The fourth-order valence-electron chi connectivity index (χ4n) is 4.87. The number of ether oxygens (including phenoxy) is 2. The van der Waals surface area contributed by atoms with Crippen LogP contribution < -0.4 is 14.9 Å². The third-order valence-electron chi connectivity index (χ3n) is 7.26. The molecule has 1 aliphatic heterocycles. The lowest BCUT2D eigenvalue weighted by Gasteiger charge is -2.38. The van der Waals surface area contributed by atoms with E-state index in [1.54, 1.807) is 60.7 Å². The highest BCUT2D eigenvalue weighted by Crippen LogP contribution is 2.37. The Hall–Kier alpha value is -3.79. The molecule has 0 radical (unpaired) electrons. The van der Waals surface area contributed by atoms with Crippen LogP contribution in [0.5, 0.6) is 11.5 Å². The van der Waals surface area contributed by atoms with Gasteiger partial charge in [0.1, 0.15) is 12.6 Å². The van der Waals surface area contributed by atoms with Crippen molar-refractivity contribution in [3.05, 3.63) is 118 Å². The fraction of sp³-hybridized carbons (Fsp3) is 0.188. The molecule has 1 saturated heterocycles. The van der Waals surface area contributed by atoms with Gasteiger partial charge in [-0.2, -0.15) is 13.7 Å². The molecular weight excluding hydrogens is 732 g/mol. The van der Waals surface area contributed by atoms with E-state index >= 15 is 0 Å². The van der Waals surface area contributed by atoms with Crippen LogP contribution >= 0.6 is 27.5 Å². The third-order valence-corrected chi connectivity index (χ3v) is 11.9. The molecule has 0 bridgehead atoms. The van der Waals surface area contributed by atoms with Gasteiger partial charge in [-0.25, -0.2) is 22.3 Å². The summed E-state index contributed by atoms with van der Waals surface area (Å²) in [5.41, 5.74) is 3.82. The maximum atomic E-state index is 13.6. The van der Waals surface area contributed by atoms with Crippen molar-refractivity contribution in [1.29, 1.82) is 0 Å². The number of hydrogen-bond donors (Lipinski definition) is 1. The van der Waals surface area contributed by atoms with Gasteiger partial charge in [0, 0.05) is 24.7 Å². The predicted molar refractivity (Wildman–Crippen MR) is 182 cm³/mol. The van der Waals surface area contributed by atoms with Crippen LogP contribution in [0.15, 0.2) is 116 Å². The summed E-state index contributed by atoms with van der Waals surface area (Å²) < 4.78 is 68.2. The molecule has 1 atom stereocenters. The molecule has 1 amide bonds. The van der Waals surface area contributed by atoms with Gasteiger partial charge in [0.15, 0.2) is 11.5 Å². The number of nitrogens with one attached hydrogen (secondary N) is 1. The number of sulfonamides is 2. The number of benzene rings is 4. The minimum absolute atomic E-state index is 0.0176. The molecule has 1 heterocycles. The van der Waals surface area contributed by atoms with Crippen molar-refractivity contribution < 1.29 is 31.1 Å². The molecule has 0 unspecified atom stereocenters. The Balaban J connectivity index is 1.36. The van der Waals surface area contributed by atoms with Crippen LogP contribution in [0.3, 0.4) is 0 Å². The number of hydrogen-bond acceptors (Lipinski definition) is 8. The average Bonchev–Trinajstić information content (AvgIpc) is 3.08.